The molecular formula is C15H18ClN3O. The lowest BCUT2D eigenvalue weighted by atomic mass is 10.1. The number of anilines is 1. The van der Waals surface area contributed by atoms with E-state index in [4.69, 9.17) is 11.6 Å². The summed E-state index contributed by atoms with van der Waals surface area (Å²) < 4.78 is 1.70. The number of hydrogen-bond acceptors (Lipinski definition) is 2. The van der Waals surface area contributed by atoms with E-state index < -0.39 is 0 Å². The largest absolute Gasteiger partial charge is 0.320 e. The van der Waals surface area contributed by atoms with Gasteiger partial charge in [-0.25, -0.2) is 0 Å². The number of carbonyl (C=O) groups excluding carboxylic acids is 1. The molecule has 0 saturated heterocycles. The lowest BCUT2D eigenvalue weighted by molar-refractivity contribution is 0.102. The fourth-order valence-electron chi connectivity index (χ4n) is 2.35. The number of nitrogens with one attached hydrogen (secondary N) is 1. The third kappa shape index (κ3) is 2.56. The highest BCUT2D eigenvalue weighted by Gasteiger charge is 2.19. The summed E-state index contributed by atoms with van der Waals surface area (Å²) in [6, 6.07) is 3.83. The second kappa shape index (κ2) is 5.29. The lowest BCUT2D eigenvalue weighted by Crippen LogP contribution is -2.15. The molecule has 1 aromatic heterocycles. The Balaban J connectivity index is 2.38. The monoisotopic (exact) mass is 291 g/mol. The van der Waals surface area contributed by atoms with Gasteiger partial charge >= 0.3 is 0 Å². The number of hydrogen-bond donors (Lipinski definition) is 1. The van der Waals surface area contributed by atoms with Crippen LogP contribution in [0.1, 0.15) is 32.9 Å². The van der Waals surface area contributed by atoms with E-state index in [1.54, 1.807) is 4.68 Å². The van der Waals surface area contributed by atoms with E-state index in [0.29, 0.717) is 22.0 Å². The van der Waals surface area contributed by atoms with Gasteiger partial charge in [0.15, 0.2) is 0 Å². The van der Waals surface area contributed by atoms with Crippen LogP contribution in [-0.2, 0) is 7.05 Å². The first kappa shape index (κ1) is 14.6. The third-order valence-corrected chi connectivity index (χ3v) is 3.70. The minimum absolute atomic E-state index is 0.179. The Morgan fingerprint density at radius 3 is 2.40 bits per heavy atom. The number of carbonyl (C=O) groups is 1. The van der Waals surface area contributed by atoms with Crippen molar-refractivity contribution in [2.24, 2.45) is 7.05 Å². The fraction of sp³-hybridized carbons (Fsp3) is 0.333. The van der Waals surface area contributed by atoms with Gasteiger partial charge < -0.3 is 5.32 Å². The van der Waals surface area contributed by atoms with Crippen LogP contribution in [0.25, 0.3) is 0 Å². The number of aryl methyl sites for hydroxylation is 4. The second-order valence-corrected chi connectivity index (χ2v) is 5.47. The third-order valence-electron chi connectivity index (χ3n) is 3.41. The summed E-state index contributed by atoms with van der Waals surface area (Å²) >= 11 is 6.22. The molecule has 5 heteroatoms. The highest BCUT2D eigenvalue weighted by Crippen LogP contribution is 2.28. The van der Waals surface area contributed by atoms with Crippen LogP contribution in [0.5, 0.6) is 0 Å². The van der Waals surface area contributed by atoms with Gasteiger partial charge in [0.05, 0.1) is 22.0 Å². The molecule has 20 heavy (non-hydrogen) atoms. The van der Waals surface area contributed by atoms with Crippen molar-refractivity contribution >= 4 is 23.2 Å². The molecule has 2 aromatic rings. The first-order chi connectivity index (χ1) is 9.31. The molecule has 4 nitrogen and oxygen atoms in total. The molecule has 0 radical (unpaired) electrons. The summed E-state index contributed by atoms with van der Waals surface area (Å²) in [5.74, 6) is -0.179. The van der Waals surface area contributed by atoms with Crippen molar-refractivity contribution in [2.75, 3.05) is 5.32 Å². The molecule has 0 saturated carbocycles. The smallest absolute Gasteiger partial charge is 0.259 e. The van der Waals surface area contributed by atoms with Crippen LogP contribution in [-0.4, -0.2) is 15.7 Å². The summed E-state index contributed by atoms with van der Waals surface area (Å²) in [5, 5.41) is 7.70. The number of benzene rings is 1. The maximum absolute atomic E-state index is 12.4. The Morgan fingerprint density at radius 1 is 1.25 bits per heavy atom. The lowest BCUT2D eigenvalue weighted by Gasteiger charge is -2.11. The van der Waals surface area contributed by atoms with Gasteiger partial charge in [-0.1, -0.05) is 17.7 Å². The molecule has 0 aliphatic carbocycles. The van der Waals surface area contributed by atoms with Crippen molar-refractivity contribution in [3.8, 4) is 0 Å². The highest BCUT2D eigenvalue weighted by atomic mass is 35.5. The topological polar surface area (TPSA) is 46.9 Å². The van der Waals surface area contributed by atoms with Crippen LogP contribution in [0.3, 0.4) is 0 Å². The molecular weight excluding hydrogens is 274 g/mol. The number of rotatable bonds is 2. The number of nitrogens with zero attached hydrogens (tertiary/aromatic N) is 2. The van der Waals surface area contributed by atoms with E-state index >= 15 is 0 Å². The van der Waals surface area contributed by atoms with Crippen molar-refractivity contribution in [1.29, 1.82) is 0 Å². The summed E-state index contributed by atoms with van der Waals surface area (Å²) in [5.41, 5.74) is 4.82. The fourth-order valence-corrected chi connectivity index (χ4v) is 2.72. The summed E-state index contributed by atoms with van der Waals surface area (Å²) in [6.45, 7) is 7.60. The maximum atomic E-state index is 12.4. The minimum atomic E-state index is -0.179. The first-order valence-electron chi connectivity index (χ1n) is 6.39. The Kier molecular flexibility index (Phi) is 3.86. The first-order valence-corrected chi connectivity index (χ1v) is 6.77. The standard InChI is InChI=1S/C15H18ClN3O/c1-8-6-9(2)14(12(16)7-8)17-15(20)13-10(3)18-19(5)11(13)4/h6-7H,1-5H3,(H,17,20). The van der Waals surface area contributed by atoms with Gasteiger partial charge in [-0.15, -0.1) is 0 Å². The molecule has 1 aromatic carbocycles. The predicted molar refractivity (Wildman–Crippen MR) is 81.6 cm³/mol. The Morgan fingerprint density at radius 2 is 1.90 bits per heavy atom. The maximum Gasteiger partial charge on any atom is 0.259 e. The zero-order chi connectivity index (χ0) is 15.0. The molecule has 0 unspecified atom stereocenters. The molecule has 2 rings (SSSR count). The van der Waals surface area contributed by atoms with E-state index in [2.05, 4.69) is 10.4 Å². The molecule has 0 aliphatic heterocycles. The molecule has 1 amide bonds. The average Bonchev–Trinajstić information content (AvgIpc) is 2.58. The van der Waals surface area contributed by atoms with E-state index in [-0.39, 0.29) is 5.91 Å². The molecule has 0 spiro atoms. The molecule has 1 N–H and O–H groups in total. The predicted octanol–water partition coefficient (Wildman–Crippen LogP) is 3.56. The van der Waals surface area contributed by atoms with Crippen LogP contribution in [0.15, 0.2) is 12.1 Å². The Bertz CT molecular complexity index is 666. The van der Waals surface area contributed by atoms with E-state index in [1.165, 1.54) is 0 Å². The van der Waals surface area contributed by atoms with Gasteiger partial charge in [-0.2, -0.15) is 5.10 Å². The zero-order valence-electron chi connectivity index (χ0n) is 12.3. The van der Waals surface area contributed by atoms with Crippen molar-refractivity contribution in [3.63, 3.8) is 0 Å². The van der Waals surface area contributed by atoms with Gasteiger partial charge in [0.2, 0.25) is 0 Å². The van der Waals surface area contributed by atoms with Crippen molar-refractivity contribution in [1.82, 2.24) is 9.78 Å². The quantitative estimate of drug-likeness (QED) is 0.919. The van der Waals surface area contributed by atoms with E-state index in [9.17, 15) is 4.79 Å². The van der Waals surface area contributed by atoms with Crippen molar-refractivity contribution in [2.45, 2.75) is 27.7 Å². The van der Waals surface area contributed by atoms with Gasteiger partial charge in [0.25, 0.3) is 5.91 Å². The normalized spacial score (nSPS) is 10.7. The second-order valence-electron chi connectivity index (χ2n) is 5.06. The average molecular weight is 292 g/mol. The van der Waals surface area contributed by atoms with E-state index in [0.717, 1.165) is 16.8 Å². The van der Waals surface area contributed by atoms with Crippen LogP contribution >= 0.6 is 11.6 Å². The summed E-state index contributed by atoms with van der Waals surface area (Å²) in [7, 11) is 1.82. The number of amides is 1. The number of halogens is 1. The molecule has 106 valence electrons. The SMILES string of the molecule is Cc1cc(C)c(NC(=O)c2c(C)nn(C)c2C)c(Cl)c1. The Labute approximate surface area is 123 Å². The molecule has 0 fully saturated rings. The van der Waals surface area contributed by atoms with Gasteiger partial charge in [-0.05, 0) is 44.9 Å². The summed E-state index contributed by atoms with van der Waals surface area (Å²) in [4.78, 5) is 12.4. The van der Waals surface area contributed by atoms with Gasteiger partial charge in [-0.3, -0.25) is 9.48 Å². The minimum Gasteiger partial charge on any atom is -0.320 e. The van der Waals surface area contributed by atoms with Crippen molar-refractivity contribution in [3.05, 3.63) is 45.2 Å². The highest BCUT2D eigenvalue weighted by molar-refractivity contribution is 6.34. The van der Waals surface area contributed by atoms with Crippen LogP contribution in [0.4, 0.5) is 5.69 Å². The van der Waals surface area contributed by atoms with Crippen LogP contribution < -0.4 is 5.32 Å². The van der Waals surface area contributed by atoms with E-state index in [1.807, 2.05) is 46.9 Å². The molecule has 0 bridgehead atoms. The van der Waals surface area contributed by atoms with Gasteiger partial charge in [0, 0.05) is 12.7 Å². The summed E-state index contributed by atoms with van der Waals surface area (Å²) in [6.07, 6.45) is 0. The zero-order valence-corrected chi connectivity index (χ0v) is 13.1. The molecule has 0 atom stereocenters. The molecule has 1 heterocycles. The Hall–Kier alpha value is -1.81. The van der Waals surface area contributed by atoms with Crippen LogP contribution in [0.2, 0.25) is 5.02 Å². The van der Waals surface area contributed by atoms with Gasteiger partial charge in [0.1, 0.15) is 0 Å². The van der Waals surface area contributed by atoms with Crippen LogP contribution in [0, 0.1) is 27.7 Å². The van der Waals surface area contributed by atoms with Crippen molar-refractivity contribution < 1.29 is 4.79 Å². The number of aromatic nitrogens is 2. The molecule has 0 aliphatic rings.